The molecule has 0 saturated carbocycles. The zero-order chi connectivity index (χ0) is 23.8. The summed E-state index contributed by atoms with van der Waals surface area (Å²) >= 11 is 1.70. The zero-order valence-electron chi connectivity index (χ0n) is 19.9. The van der Waals surface area contributed by atoms with E-state index in [0.717, 1.165) is 28.1 Å². The molecular weight excluding hydrogens is 430 g/mol. The number of urea groups is 1. The van der Waals surface area contributed by atoms with Crippen LogP contribution in [0.25, 0.3) is 0 Å². The van der Waals surface area contributed by atoms with Gasteiger partial charge in [0.05, 0.1) is 6.54 Å². The van der Waals surface area contributed by atoms with Crippen molar-refractivity contribution in [3.05, 3.63) is 87.1 Å². The summed E-state index contributed by atoms with van der Waals surface area (Å²) in [6, 6.07) is 19.7. The number of nitrogens with one attached hydrogen (secondary N) is 1. The lowest BCUT2D eigenvalue weighted by atomic mass is 10.1. The van der Waals surface area contributed by atoms with Crippen LogP contribution in [0.5, 0.6) is 0 Å². The van der Waals surface area contributed by atoms with E-state index in [1.807, 2.05) is 74.2 Å². The first kappa shape index (κ1) is 24.5. The SMILES string of the molecule is CCCN(CC(=O)N(Cc1ccccc1)Cc1ccc(C)s1)C(=O)Nc1ccc(C)c(C)c1. The van der Waals surface area contributed by atoms with Crippen LogP contribution in [-0.2, 0) is 17.9 Å². The average molecular weight is 464 g/mol. The molecular formula is C27H33N3O2S. The van der Waals surface area contributed by atoms with Gasteiger partial charge in [0.25, 0.3) is 0 Å². The molecule has 0 unspecified atom stereocenters. The minimum atomic E-state index is -0.250. The van der Waals surface area contributed by atoms with E-state index in [0.29, 0.717) is 19.6 Å². The maximum atomic E-state index is 13.4. The van der Waals surface area contributed by atoms with Gasteiger partial charge in [-0.25, -0.2) is 4.79 Å². The highest BCUT2D eigenvalue weighted by molar-refractivity contribution is 7.11. The monoisotopic (exact) mass is 463 g/mol. The highest BCUT2D eigenvalue weighted by atomic mass is 32.1. The summed E-state index contributed by atoms with van der Waals surface area (Å²) in [6.45, 7) is 9.74. The van der Waals surface area contributed by atoms with E-state index < -0.39 is 0 Å². The van der Waals surface area contributed by atoms with Crippen LogP contribution in [0.15, 0.2) is 60.7 Å². The van der Waals surface area contributed by atoms with E-state index >= 15 is 0 Å². The Morgan fingerprint density at radius 2 is 1.64 bits per heavy atom. The molecule has 5 nitrogen and oxygen atoms in total. The Kier molecular flexibility index (Phi) is 8.66. The maximum Gasteiger partial charge on any atom is 0.322 e. The topological polar surface area (TPSA) is 52.7 Å². The Bertz CT molecular complexity index is 1080. The molecule has 0 spiro atoms. The largest absolute Gasteiger partial charge is 0.332 e. The number of hydrogen-bond donors (Lipinski definition) is 1. The van der Waals surface area contributed by atoms with Crippen LogP contribution in [0.1, 0.15) is 39.8 Å². The lowest BCUT2D eigenvalue weighted by molar-refractivity contribution is -0.133. The number of rotatable bonds is 9. The molecule has 2 aromatic carbocycles. The number of nitrogens with zero attached hydrogens (tertiary/aromatic N) is 2. The van der Waals surface area contributed by atoms with Gasteiger partial charge in [0.2, 0.25) is 5.91 Å². The molecule has 0 fully saturated rings. The maximum absolute atomic E-state index is 13.4. The molecule has 0 aliphatic rings. The predicted octanol–water partition coefficient (Wildman–Crippen LogP) is 6.15. The minimum Gasteiger partial charge on any atom is -0.332 e. The van der Waals surface area contributed by atoms with Gasteiger partial charge in [-0.05, 0) is 68.1 Å². The Morgan fingerprint density at radius 3 is 2.27 bits per heavy atom. The lowest BCUT2D eigenvalue weighted by Gasteiger charge is -2.27. The molecule has 3 aromatic rings. The Morgan fingerprint density at radius 1 is 0.879 bits per heavy atom. The molecule has 6 heteroatoms. The average Bonchev–Trinajstić information content (AvgIpc) is 3.20. The van der Waals surface area contributed by atoms with Crippen LogP contribution in [-0.4, -0.2) is 34.8 Å². The highest BCUT2D eigenvalue weighted by Gasteiger charge is 2.22. The molecule has 33 heavy (non-hydrogen) atoms. The number of aryl methyl sites for hydroxylation is 3. The fraction of sp³-hybridized carbons (Fsp3) is 0.333. The summed E-state index contributed by atoms with van der Waals surface area (Å²) in [4.78, 5) is 32.2. The molecule has 1 heterocycles. The fourth-order valence-corrected chi connectivity index (χ4v) is 4.51. The molecule has 1 aromatic heterocycles. The second kappa shape index (κ2) is 11.7. The van der Waals surface area contributed by atoms with Crippen molar-refractivity contribution in [2.45, 2.75) is 47.2 Å². The Labute approximate surface area is 201 Å². The van der Waals surface area contributed by atoms with E-state index in [-0.39, 0.29) is 18.5 Å². The fourth-order valence-electron chi connectivity index (χ4n) is 3.60. The van der Waals surface area contributed by atoms with Gasteiger partial charge in [-0.2, -0.15) is 0 Å². The van der Waals surface area contributed by atoms with Crippen molar-refractivity contribution in [2.75, 3.05) is 18.4 Å². The zero-order valence-corrected chi connectivity index (χ0v) is 20.7. The van der Waals surface area contributed by atoms with Crippen molar-refractivity contribution in [3.63, 3.8) is 0 Å². The van der Waals surface area contributed by atoms with Crippen molar-refractivity contribution in [3.8, 4) is 0 Å². The minimum absolute atomic E-state index is 0.0434. The molecule has 0 radical (unpaired) electrons. The van der Waals surface area contributed by atoms with Crippen molar-refractivity contribution < 1.29 is 9.59 Å². The van der Waals surface area contributed by atoms with Gasteiger partial charge in [-0.3, -0.25) is 4.79 Å². The van der Waals surface area contributed by atoms with Crippen LogP contribution >= 0.6 is 11.3 Å². The van der Waals surface area contributed by atoms with Crippen LogP contribution in [0.4, 0.5) is 10.5 Å². The molecule has 0 saturated heterocycles. The number of carbonyl (C=O) groups excluding carboxylic acids is 2. The van der Waals surface area contributed by atoms with Crippen molar-refractivity contribution >= 4 is 29.0 Å². The van der Waals surface area contributed by atoms with E-state index in [1.165, 1.54) is 10.4 Å². The van der Waals surface area contributed by atoms with Gasteiger partial charge in [0, 0.05) is 28.5 Å². The smallest absolute Gasteiger partial charge is 0.322 e. The molecule has 0 aliphatic carbocycles. The molecule has 174 valence electrons. The summed E-state index contributed by atoms with van der Waals surface area (Å²) in [5.74, 6) is -0.0615. The van der Waals surface area contributed by atoms with Gasteiger partial charge in [0.15, 0.2) is 0 Å². The first-order chi connectivity index (χ1) is 15.9. The molecule has 1 N–H and O–H groups in total. The van der Waals surface area contributed by atoms with Crippen LogP contribution in [0.3, 0.4) is 0 Å². The summed E-state index contributed by atoms with van der Waals surface area (Å²) in [5.41, 5.74) is 4.10. The first-order valence-corrected chi connectivity index (χ1v) is 12.2. The van der Waals surface area contributed by atoms with E-state index in [1.54, 1.807) is 16.2 Å². The Balaban J connectivity index is 1.74. The summed E-state index contributed by atoms with van der Waals surface area (Å²) in [6.07, 6.45) is 0.774. The summed E-state index contributed by atoms with van der Waals surface area (Å²) < 4.78 is 0. The number of benzene rings is 2. The molecule has 3 amide bonds. The molecule has 0 bridgehead atoms. The van der Waals surface area contributed by atoms with Crippen molar-refractivity contribution in [1.82, 2.24) is 9.80 Å². The van der Waals surface area contributed by atoms with Crippen molar-refractivity contribution in [1.29, 1.82) is 0 Å². The third-order valence-electron chi connectivity index (χ3n) is 5.58. The number of carbonyl (C=O) groups is 2. The van der Waals surface area contributed by atoms with Gasteiger partial charge < -0.3 is 15.1 Å². The molecule has 0 atom stereocenters. The van der Waals surface area contributed by atoms with Crippen LogP contribution in [0.2, 0.25) is 0 Å². The van der Waals surface area contributed by atoms with E-state index in [4.69, 9.17) is 0 Å². The predicted molar refractivity (Wildman–Crippen MR) is 137 cm³/mol. The van der Waals surface area contributed by atoms with Gasteiger partial charge in [0.1, 0.15) is 6.54 Å². The summed E-state index contributed by atoms with van der Waals surface area (Å²) in [5, 5.41) is 2.96. The van der Waals surface area contributed by atoms with Gasteiger partial charge in [-0.15, -0.1) is 11.3 Å². The second-order valence-corrected chi connectivity index (χ2v) is 9.77. The first-order valence-electron chi connectivity index (χ1n) is 11.4. The highest BCUT2D eigenvalue weighted by Crippen LogP contribution is 2.19. The number of hydrogen-bond acceptors (Lipinski definition) is 3. The second-order valence-electron chi connectivity index (χ2n) is 8.40. The number of thiophene rings is 1. The Hall–Kier alpha value is -3.12. The van der Waals surface area contributed by atoms with Crippen LogP contribution < -0.4 is 5.32 Å². The normalized spacial score (nSPS) is 10.7. The molecule has 0 aliphatic heterocycles. The van der Waals surface area contributed by atoms with Gasteiger partial charge >= 0.3 is 6.03 Å². The number of amides is 3. The van der Waals surface area contributed by atoms with E-state index in [2.05, 4.69) is 24.4 Å². The van der Waals surface area contributed by atoms with E-state index in [9.17, 15) is 9.59 Å². The van der Waals surface area contributed by atoms with Crippen LogP contribution in [0, 0.1) is 20.8 Å². The quantitative estimate of drug-likeness (QED) is 0.414. The van der Waals surface area contributed by atoms with Gasteiger partial charge in [-0.1, -0.05) is 43.3 Å². The number of anilines is 1. The standard InChI is InChI=1S/C27H33N3O2S/c1-5-15-29(27(32)28-24-13-11-20(2)21(3)16-24)19-26(31)30(17-23-9-7-6-8-10-23)18-25-14-12-22(4)33-25/h6-14,16H,5,15,17-19H2,1-4H3,(H,28,32). The summed E-state index contributed by atoms with van der Waals surface area (Å²) in [7, 11) is 0. The third kappa shape index (κ3) is 7.19. The molecule has 3 rings (SSSR count). The lowest BCUT2D eigenvalue weighted by Crippen LogP contribution is -2.44. The van der Waals surface area contributed by atoms with Crippen molar-refractivity contribution in [2.24, 2.45) is 0 Å². The third-order valence-corrected chi connectivity index (χ3v) is 6.56.